The van der Waals surface area contributed by atoms with E-state index in [9.17, 15) is 0 Å². The van der Waals surface area contributed by atoms with E-state index >= 15 is 0 Å². The third-order valence-electron chi connectivity index (χ3n) is 2.17. The molecule has 0 bridgehead atoms. The Kier molecular flexibility index (Phi) is 3.45. The summed E-state index contributed by atoms with van der Waals surface area (Å²) >= 11 is 3.45. The molecule has 82 valence electrons. The number of fused-ring (bicyclic) bond motifs is 1. The lowest BCUT2D eigenvalue weighted by atomic mass is 10.1. The van der Waals surface area contributed by atoms with Crippen molar-refractivity contribution in [3.8, 4) is 11.5 Å². The maximum Gasteiger partial charge on any atom is 0.175 e. The zero-order valence-corrected chi connectivity index (χ0v) is 9.75. The molecule has 1 aliphatic heterocycles. The summed E-state index contributed by atoms with van der Waals surface area (Å²) in [7, 11) is 0. The summed E-state index contributed by atoms with van der Waals surface area (Å²) in [5, 5.41) is 0. The van der Waals surface area contributed by atoms with Crippen molar-refractivity contribution in [1.82, 2.24) is 0 Å². The van der Waals surface area contributed by atoms with Crippen LogP contribution in [0.4, 0.5) is 0 Å². The average Bonchev–Trinajstić information content (AvgIpc) is 2.26. The summed E-state index contributed by atoms with van der Waals surface area (Å²) in [6, 6.07) is 3.95. The predicted octanol–water partition coefficient (Wildman–Crippen LogP) is 1.65. The molecule has 0 atom stereocenters. The summed E-state index contributed by atoms with van der Waals surface area (Å²) < 4.78 is 11.9. The molecule has 15 heavy (non-hydrogen) atoms. The van der Waals surface area contributed by atoms with Gasteiger partial charge in [-0.2, -0.15) is 0 Å². The van der Waals surface area contributed by atoms with Crippen molar-refractivity contribution >= 4 is 15.9 Å². The topological polar surface area (TPSA) is 53.7 Å². The Morgan fingerprint density at radius 1 is 1.33 bits per heavy atom. The zero-order valence-electron chi connectivity index (χ0n) is 8.16. The van der Waals surface area contributed by atoms with Gasteiger partial charge in [-0.1, -0.05) is 0 Å². The first-order chi connectivity index (χ1) is 7.31. The molecule has 0 unspecified atom stereocenters. The number of hydrogen-bond donors (Lipinski definition) is 1. The molecule has 1 heterocycles. The second-order valence-electron chi connectivity index (χ2n) is 3.22. The van der Waals surface area contributed by atoms with Crippen LogP contribution in [-0.4, -0.2) is 19.8 Å². The molecule has 1 aliphatic rings. The lowest BCUT2D eigenvalue weighted by Gasteiger charge is -2.20. The van der Waals surface area contributed by atoms with Crippen LogP contribution in [-0.2, 0) is 11.3 Å². The molecule has 2 N–H and O–H groups in total. The van der Waals surface area contributed by atoms with E-state index in [-0.39, 0.29) is 0 Å². The Bertz CT molecular complexity index is 357. The van der Waals surface area contributed by atoms with Crippen molar-refractivity contribution in [2.75, 3.05) is 19.8 Å². The fraction of sp³-hybridized carbons (Fsp3) is 0.400. The maximum atomic E-state index is 5.50. The number of benzene rings is 1. The normalized spacial score (nSPS) is 14.0. The Labute approximate surface area is 96.4 Å². The maximum absolute atomic E-state index is 5.50. The molecule has 0 saturated carbocycles. The Morgan fingerprint density at radius 3 is 2.93 bits per heavy atom. The first-order valence-corrected chi connectivity index (χ1v) is 5.50. The highest BCUT2D eigenvalue weighted by Crippen LogP contribution is 2.38. The standard InChI is InChI=1S/C10H12BrNO3/c11-8-5-7(1-2-15-12)6-9-10(8)14-4-3-13-9/h5-6H,1-4,12H2. The molecule has 0 aliphatic carbocycles. The van der Waals surface area contributed by atoms with Gasteiger partial charge < -0.3 is 14.3 Å². The lowest BCUT2D eigenvalue weighted by Crippen LogP contribution is -2.16. The van der Waals surface area contributed by atoms with E-state index in [4.69, 9.17) is 15.4 Å². The third kappa shape index (κ3) is 2.42. The zero-order chi connectivity index (χ0) is 10.7. The van der Waals surface area contributed by atoms with Crippen molar-refractivity contribution in [1.29, 1.82) is 0 Å². The van der Waals surface area contributed by atoms with Gasteiger partial charge in [0.05, 0.1) is 11.1 Å². The molecule has 5 heteroatoms. The van der Waals surface area contributed by atoms with Crippen molar-refractivity contribution in [3.05, 3.63) is 22.2 Å². The van der Waals surface area contributed by atoms with E-state index in [1.54, 1.807) is 0 Å². The van der Waals surface area contributed by atoms with Crippen molar-refractivity contribution in [2.45, 2.75) is 6.42 Å². The molecule has 0 radical (unpaired) electrons. The predicted molar refractivity (Wildman–Crippen MR) is 59.0 cm³/mol. The molecular weight excluding hydrogens is 262 g/mol. The van der Waals surface area contributed by atoms with Crippen LogP contribution in [0.2, 0.25) is 0 Å². The van der Waals surface area contributed by atoms with Gasteiger partial charge in [0, 0.05) is 0 Å². The van der Waals surface area contributed by atoms with Gasteiger partial charge in [0.1, 0.15) is 13.2 Å². The molecule has 4 nitrogen and oxygen atoms in total. The largest absolute Gasteiger partial charge is 0.486 e. The molecule has 0 amide bonds. The number of ether oxygens (including phenoxy) is 2. The van der Waals surface area contributed by atoms with Gasteiger partial charge in [-0.25, -0.2) is 5.90 Å². The van der Waals surface area contributed by atoms with Gasteiger partial charge in [-0.15, -0.1) is 0 Å². The minimum Gasteiger partial charge on any atom is -0.486 e. The average molecular weight is 274 g/mol. The second kappa shape index (κ2) is 4.83. The lowest BCUT2D eigenvalue weighted by molar-refractivity contribution is 0.141. The first-order valence-electron chi connectivity index (χ1n) is 4.71. The highest BCUT2D eigenvalue weighted by Gasteiger charge is 2.15. The van der Waals surface area contributed by atoms with Crippen LogP contribution in [0.25, 0.3) is 0 Å². The van der Waals surface area contributed by atoms with Crippen molar-refractivity contribution in [2.24, 2.45) is 5.90 Å². The summed E-state index contributed by atoms with van der Waals surface area (Å²) in [6.45, 7) is 1.68. The van der Waals surface area contributed by atoms with Crippen LogP contribution in [0.1, 0.15) is 5.56 Å². The highest BCUT2D eigenvalue weighted by atomic mass is 79.9. The van der Waals surface area contributed by atoms with Gasteiger partial charge in [0.2, 0.25) is 0 Å². The summed E-state index contributed by atoms with van der Waals surface area (Å²) in [5.41, 5.74) is 1.11. The highest BCUT2D eigenvalue weighted by molar-refractivity contribution is 9.10. The number of rotatable bonds is 3. The Hall–Kier alpha value is -0.780. The fourth-order valence-corrected chi connectivity index (χ4v) is 2.09. The van der Waals surface area contributed by atoms with E-state index < -0.39 is 0 Å². The molecule has 0 spiro atoms. The third-order valence-corrected chi connectivity index (χ3v) is 2.75. The van der Waals surface area contributed by atoms with Crippen LogP contribution in [0.15, 0.2) is 16.6 Å². The smallest absolute Gasteiger partial charge is 0.175 e. The molecule has 0 saturated heterocycles. The number of hydrogen-bond acceptors (Lipinski definition) is 4. The Balaban J connectivity index is 2.24. The van der Waals surface area contributed by atoms with Gasteiger partial charge in [0.15, 0.2) is 11.5 Å². The molecule has 2 rings (SSSR count). The minimum absolute atomic E-state index is 0.492. The second-order valence-corrected chi connectivity index (χ2v) is 4.08. The monoisotopic (exact) mass is 273 g/mol. The molecular formula is C10H12BrNO3. The van der Waals surface area contributed by atoms with E-state index in [1.165, 1.54) is 0 Å². The molecule has 1 aromatic carbocycles. The number of nitrogens with two attached hydrogens (primary N) is 1. The fourth-order valence-electron chi connectivity index (χ4n) is 1.49. The van der Waals surface area contributed by atoms with Gasteiger partial charge in [-0.3, -0.25) is 0 Å². The Morgan fingerprint density at radius 2 is 2.13 bits per heavy atom. The van der Waals surface area contributed by atoms with Gasteiger partial charge >= 0.3 is 0 Å². The van der Waals surface area contributed by atoms with Gasteiger partial charge in [0.25, 0.3) is 0 Å². The first kappa shape index (κ1) is 10.7. The number of halogens is 1. The van der Waals surface area contributed by atoms with E-state index in [2.05, 4.69) is 20.8 Å². The van der Waals surface area contributed by atoms with Crippen molar-refractivity contribution < 1.29 is 14.3 Å². The van der Waals surface area contributed by atoms with E-state index in [0.29, 0.717) is 19.8 Å². The molecule has 1 aromatic rings. The van der Waals surface area contributed by atoms with Crippen LogP contribution in [0.3, 0.4) is 0 Å². The van der Waals surface area contributed by atoms with Crippen LogP contribution in [0.5, 0.6) is 11.5 Å². The van der Waals surface area contributed by atoms with Gasteiger partial charge in [-0.05, 0) is 40.0 Å². The van der Waals surface area contributed by atoms with E-state index in [0.717, 1.165) is 28.0 Å². The summed E-state index contributed by atoms with van der Waals surface area (Å²) in [4.78, 5) is 4.54. The summed E-state index contributed by atoms with van der Waals surface area (Å²) in [5.74, 6) is 6.54. The molecule has 0 aromatic heterocycles. The van der Waals surface area contributed by atoms with Crippen LogP contribution >= 0.6 is 15.9 Å². The van der Waals surface area contributed by atoms with Crippen LogP contribution in [0, 0.1) is 0 Å². The molecule has 0 fully saturated rings. The SMILES string of the molecule is NOCCc1cc(Br)c2c(c1)OCCO2. The quantitative estimate of drug-likeness (QED) is 0.851. The summed E-state index contributed by atoms with van der Waals surface area (Å²) in [6.07, 6.45) is 0.756. The van der Waals surface area contributed by atoms with Crippen molar-refractivity contribution in [3.63, 3.8) is 0 Å². The van der Waals surface area contributed by atoms with E-state index in [1.807, 2.05) is 12.1 Å². The van der Waals surface area contributed by atoms with Crippen LogP contribution < -0.4 is 15.4 Å². The minimum atomic E-state index is 0.492.